The van der Waals surface area contributed by atoms with Gasteiger partial charge in [0.2, 0.25) is 0 Å². The van der Waals surface area contributed by atoms with Gasteiger partial charge in [0.25, 0.3) is 0 Å². The molecule has 0 bridgehead atoms. The highest BCUT2D eigenvalue weighted by molar-refractivity contribution is 5.87. The van der Waals surface area contributed by atoms with Gasteiger partial charge in [-0.05, 0) is 32.2 Å². The van der Waals surface area contributed by atoms with Gasteiger partial charge >= 0.3 is 5.97 Å². The fourth-order valence-corrected chi connectivity index (χ4v) is 1.64. The van der Waals surface area contributed by atoms with Gasteiger partial charge in [0.1, 0.15) is 11.4 Å². The maximum atomic E-state index is 10.2. The molecule has 0 saturated carbocycles. The third-order valence-electron chi connectivity index (χ3n) is 2.22. The minimum atomic E-state index is -0.328. The highest BCUT2D eigenvalue weighted by atomic mass is 16.6. The van der Waals surface area contributed by atoms with E-state index in [-0.39, 0.29) is 11.6 Å². The molecular formula is C16H20O3. The number of hydrogen-bond acceptors (Lipinski definition) is 3. The molecule has 3 heteroatoms. The molecule has 19 heavy (non-hydrogen) atoms. The Balaban J connectivity index is 0.000000203. The van der Waals surface area contributed by atoms with Gasteiger partial charge in [-0.3, -0.25) is 4.79 Å². The molecule has 2 aromatic rings. The minimum absolute atomic E-state index is 0.225. The lowest BCUT2D eigenvalue weighted by molar-refractivity contribution is -0.151. The zero-order valence-electron chi connectivity index (χ0n) is 11.8. The van der Waals surface area contributed by atoms with Crippen LogP contribution in [0, 0.1) is 0 Å². The van der Waals surface area contributed by atoms with Crippen molar-refractivity contribution >= 4 is 16.7 Å². The van der Waals surface area contributed by atoms with E-state index < -0.39 is 0 Å². The summed E-state index contributed by atoms with van der Waals surface area (Å²) < 4.78 is 4.80. The SMILES string of the molecule is CC(=O)OC(C)(C)C.Oc1cccc2ccccc12. The van der Waals surface area contributed by atoms with E-state index in [1.54, 1.807) is 6.07 Å². The third kappa shape index (κ3) is 5.42. The quantitative estimate of drug-likeness (QED) is 0.731. The van der Waals surface area contributed by atoms with Crippen molar-refractivity contribution in [2.45, 2.75) is 33.3 Å². The van der Waals surface area contributed by atoms with Crippen LogP contribution < -0.4 is 0 Å². The van der Waals surface area contributed by atoms with Crippen LogP contribution in [-0.4, -0.2) is 16.7 Å². The second-order valence-corrected chi connectivity index (χ2v) is 5.20. The fourth-order valence-electron chi connectivity index (χ4n) is 1.64. The minimum Gasteiger partial charge on any atom is -0.507 e. The number of aromatic hydroxyl groups is 1. The number of fused-ring (bicyclic) bond motifs is 1. The number of phenols is 1. The second-order valence-electron chi connectivity index (χ2n) is 5.20. The molecule has 0 spiro atoms. The van der Waals surface area contributed by atoms with Gasteiger partial charge in [0.15, 0.2) is 0 Å². The summed E-state index contributed by atoms with van der Waals surface area (Å²) in [6.07, 6.45) is 0. The van der Waals surface area contributed by atoms with Gasteiger partial charge < -0.3 is 9.84 Å². The molecule has 0 fully saturated rings. The van der Waals surface area contributed by atoms with Crippen LogP contribution in [0.4, 0.5) is 0 Å². The number of carbonyl (C=O) groups excluding carboxylic acids is 1. The second kappa shape index (κ2) is 6.23. The topological polar surface area (TPSA) is 46.5 Å². The molecule has 0 aromatic heterocycles. The maximum absolute atomic E-state index is 10.2. The standard InChI is InChI=1S/C10H8O.C6H12O2/c11-10-7-3-5-8-4-1-2-6-9(8)10;1-5(7)8-6(2,3)4/h1-7,11H;1-4H3. The zero-order chi connectivity index (χ0) is 14.5. The Kier molecular flexibility index (Phi) is 4.93. The van der Waals surface area contributed by atoms with Gasteiger partial charge in [0.05, 0.1) is 0 Å². The summed E-state index contributed by atoms with van der Waals surface area (Å²) in [7, 11) is 0. The molecule has 3 nitrogen and oxygen atoms in total. The molecule has 0 amide bonds. The van der Waals surface area contributed by atoms with Crippen LogP contribution in [0.3, 0.4) is 0 Å². The number of phenolic OH excluding ortho intramolecular Hbond substituents is 1. The van der Waals surface area contributed by atoms with Crippen LogP contribution >= 0.6 is 0 Å². The Morgan fingerprint density at radius 2 is 1.63 bits per heavy atom. The first-order chi connectivity index (χ1) is 8.79. The van der Waals surface area contributed by atoms with Gasteiger partial charge in [-0.2, -0.15) is 0 Å². The highest BCUT2D eigenvalue weighted by Gasteiger charge is 2.11. The molecule has 2 aromatic carbocycles. The van der Waals surface area contributed by atoms with Gasteiger partial charge in [-0.1, -0.05) is 36.4 Å². The summed E-state index contributed by atoms with van der Waals surface area (Å²) in [5.41, 5.74) is -0.328. The van der Waals surface area contributed by atoms with E-state index in [1.807, 2.05) is 57.2 Å². The van der Waals surface area contributed by atoms with Gasteiger partial charge in [-0.25, -0.2) is 0 Å². The molecular weight excluding hydrogens is 240 g/mol. The van der Waals surface area contributed by atoms with Crippen LogP contribution in [0.25, 0.3) is 10.8 Å². The van der Waals surface area contributed by atoms with Crippen LogP contribution in [0.2, 0.25) is 0 Å². The molecule has 0 aliphatic carbocycles. The molecule has 2 rings (SSSR count). The van der Waals surface area contributed by atoms with E-state index >= 15 is 0 Å². The summed E-state index contributed by atoms with van der Waals surface area (Å²) in [6.45, 7) is 6.93. The van der Waals surface area contributed by atoms with Crippen LogP contribution in [0.15, 0.2) is 42.5 Å². The summed E-state index contributed by atoms with van der Waals surface area (Å²) in [5.74, 6) is 0.126. The molecule has 0 unspecified atom stereocenters. The number of hydrogen-bond donors (Lipinski definition) is 1. The van der Waals surface area contributed by atoms with Crippen molar-refractivity contribution in [3.05, 3.63) is 42.5 Å². The number of carbonyl (C=O) groups is 1. The molecule has 0 heterocycles. The monoisotopic (exact) mass is 260 g/mol. The lowest BCUT2D eigenvalue weighted by Crippen LogP contribution is -2.21. The molecule has 0 aliphatic heterocycles. The summed E-state index contributed by atoms with van der Waals surface area (Å²) in [5, 5.41) is 11.4. The number of benzene rings is 2. The van der Waals surface area contributed by atoms with Crippen molar-refractivity contribution in [1.82, 2.24) is 0 Å². The van der Waals surface area contributed by atoms with Gasteiger partial charge in [-0.15, -0.1) is 0 Å². The van der Waals surface area contributed by atoms with Crippen molar-refractivity contribution < 1.29 is 14.6 Å². The first kappa shape index (κ1) is 15.0. The number of rotatable bonds is 0. The van der Waals surface area contributed by atoms with E-state index in [9.17, 15) is 9.90 Å². The number of esters is 1. The fraction of sp³-hybridized carbons (Fsp3) is 0.312. The molecule has 102 valence electrons. The number of ether oxygens (including phenoxy) is 1. The predicted molar refractivity (Wildman–Crippen MR) is 77.1 cm³/mol. The Hall–Kier alpha value is -2.03. The van der Waals surface area contributed by atoms with E-state index in [0.29, 0.717) is 5.75 Å². The summed E-state index contributed by atoms with van der Waals surface area (Å²) in [4.78, 5) is 10.2. The smallest absolute Gasteiger partial charge is 0.303 e. The Labute approximate surface area is 113 Å². The van der Waals surface area contributed by atoms with Crippen LogP contribution in [0.5, 0.6) is 5.75 Å². The van der Waals surface area contributed by atoms with Crippen molar-refractivity contribution in [2.75, 3.05) is 0 Å². The van der Waals surface area contributed by atoms with E-state index in [2.05, 4.69) is 0 Å². The first-order valence-corrected chi connectivity index (χ1v) is 6.16. The van der Waals surface area contributed by atoms with Gasteiger partial charge in [0, 0.05) is 12.3 Å². The summed E-state index contributed by atoms with van der Waals surface area (Å²) >= 11 is 0. The molecule has 0 radical (unpaired) electrons. The molecule has 0 atom stereocenters. The Morgan fingerprint density at radius 1 is 1.05 bits per heavy atom. The Morgan fingerprint density at radius 3 is 2.11 bits per heavy atom. The van der Waals surface area contributed by atoms with E-state index in [1.165, 1.54) is 6.92 Å². The normalized spacial score (nSPS) is 10.5. The maximum Gasteiger partial charge on any atom is 0.303 e. The molecule has 0 saturated heterocycles. The first-order valence-electron chi connectivity index (χ1n) is 6.16. The van der Waals surface area contributed by atoms with Crippen molar-refractivity contribution in [1.29, 1.82) is 0 Å². The lowest BCUT2D eigenvalue weighted by atomic mass is 10.1. The van der Waals surface area contributed by atoms with Crippen LogP contribution in [0.1, 0.15) is 27.7 Å². The average molecular weight is 260 g/mol. The van der Waals surface area contributed by atoms with Crippen LogP contribution in [-0.2, 0) is 9.53 Å². The van der Waals surface area contributed by atoms with Crippen molar-refractivity contribution in [3.63, 3.8) is 0 Å². The predicted octanol–water partition coefficient (Wildman–Crippen LogP) is 3.89. The Bertz CT molecular complexity index is 548. The highest BCUT2D eigenvalue weighted by Crippen LogP contribution is 2.22. The summed E-state index contributed by atoms with van der Waals surface area (Å²) in [6, 6.07) is 13.3. The molecule has 1 N–H and O–H groups in total. The molecule has 0 aliphatic rings. The van der Waals surface area contributed by atoms with E-state index in [0.717, 1.165) is 10.8 Å². The van der Waals surface area contributed by atoms with Crippen molar-refractivity contribution in [2.24, 2.45) is 0 Å². The van der Waals surface area contributed by atoms with E-state index in [4.69, 9.17) is 4.74 Å². The average Bonchev–Trinajstić information content (AvgIpc) is 2.27. The van der Waals surface area contributed by atoms with Crippen molar-refractivity contribution in [3.8, 4) is 5.75 Å². The lowest BCUT2D eigenvalue weighted by Gasteiger charge is -2.17. The third-order valence-corrected chi connectivity index (χ3v) is 2.22. The zero-order valence-corrected chi connectivity index (χ0v) is 11.8. The largest absolute Gasteiger partial charge is 0.507 e.